The normalized spacial score (nSPS) is 17.3. The third-order valence-electron chi connectivity index (χ3n) is 5.64. The Balaban J connectivity index is 1.53. The molecule has 0 aliphatic carbocycles. The molecule has 10 heteroatoms. The number of carbonyl (C=O) groups excluding carboxylic acids is 2. The average Bonchev–Trinajstić information content (AvgIpc) is 3.11. The zero-order valence-corrected chi connectivity index (χ0v) is 22.8. The monoisotopic (exact) mass is 576 g/mol. The number of aryl methyl sites for hydroxylation is 2. The van der Waals surface area contributed by atoms with Gasteiger partial charge in [0.05, 0.1) is 35.4 Å². The summed E-state index contributed by atoms with van der Waals surface area (Å²) in [5.74, 6) is 0.597. The van der Waals surface area contributed by atoms with Crippen molar-refractivity contribution in [2.75, 3.05) is 44.9 Å². The topological polar surface area (TPSA) is 68.3 Å². The number of amides is 2. The molecule has 2 aromatic carbocycles. The fourth-order valence-electron chi connectivity index (χ4n) is 3.88. The van der Waals surface area contributed by atoms with Gasteiger partial charge in [0, 0.05) is 13.1 Å². The number of benzene rings is 2. The first-order valence-corrected chi connectivity index (χ1v) is 13.0. The first-order chi connectivity index (χ1) is 16.8. The van der Waals surface area contributed by atoms with Crippen molar-refractivity contribution in [3.8, 4) is 11.5 Å². The lowest BCUT2D eigenvalue weighted by Gasteiger charge is -2.27. The van der Waals surface area contributed by atoms with Crippen molar-refractivity contribution in [2.45, 2.75) is 13.8 Å². The molecule has 0 bridgehead atoms. The van der Waals surface area contributed by atoms with Crippen molar-refractivity contribution in [1.29, 1.82) is 0 Å². The third kappa shape index (κ3) is 5.72. The van der Waals surface area contributed by atoms with Crippen LogP contribution in [0, 0.1) is 13.8 Å². The molecule has 0 radical (unpaired) electrons. The highest BCUT2D eigenvalue weighted by molar-refractivity contribution is 9.10. The Morgan fingerprint density at radius 1 is 1.23 bits per heavy atom. The Morgan fingerprint density at radius 3 is 2.66 bits per heavy atom. The molecule has 0 aromatic heterocycles. The molecule has 2 aliphatic rings. The van der Waals surface area contributed by atoms with Gasteiger partial charge in [-0.3, -0.25) is 14.5 Å². The fourth-order valence-corrected chi connectivity index (χ4v) is 5.74. The molecule has 0 atom stereocenters. The number of rotatable bonds is 6. The van der Waals surface area contributed by atoms with Crippen LogP contribution in [0.4, 0.5) is 5.69 Å². The largest absolute Gasteiger partial charge is 0.493 e. The zero-order valence-electron chi connectivity index (χ0n) is 19.6. The lowest BCUT2D eigenvalue weighted by atomic mass is 10.1. The van der Waals surface area contributed by atoms with E-state index in [1.165, 1.54) is 18.9 Å². The van der Waals surface area contributed by atoms with Crippen LogP contribution < -0.4 is 14.4 Å². The Kier molecular flexibility index (Phi) is 8.16. The van der Waals surface area contributed by atoms with E-state index in [0.717, 1.165) is 22.4 Å². The summed E-state index contributed by atoms with van der Waals surface area (Å²) in [6, 6.07) is 9.50. The van der Waals surface area contributed by atoms with E-state index < -0.39 is 0 Å². The van der Waals surface area contributed by atoms with Gasteiger partial charge in [-0.15, -0.1) is 0 Å². The molecule has 7 nitrogen and oxygen atoms in total. The molecule has 0 N–H and O–H groups in total. The van der Waals surface area contributed by atoms with Gasteiger partial charge in [-0.2, -0.15) is 0 Å². The minimum atomic E-state index is -0.168. The second-order valence-corrected chi connectivity index (χ2v) is 10.7. The lowest BCUT2D eigenvalue weighted by Crippen LogP contribution is -2.43. The number of ether oxygens (including phenoxy) is 3. The van der Waals surface area contributed by atoms with Crippen LogP contribution in [-0.2, 0) is 14.3 Å². The van der Waals surface area contributed by atoms with E-state index in [0.29, 0.717) is 51.5 Å². The van der Waals surface area contributed by atoms with Crippen LogP contribution in [-0.4, -0.2) is 61.1 Å². The molecule has 184 valence electrons. The lowest BCUT2D eigenvalue weighted by molar-refractivity contribution is -0.137. The molecule has 2 aliphatic heterocycles. The Labute approximate surface area is 222 Å². The predicted molar refractivity (Wildman–Crippen MR) is 145 cm³/mol. The number of methoxy groups -OCH3 is 1. The van der Waals surface area contributed by atoms with Crippen molar-refractivity contribution in [3.63, 3.8) is 0 Å². The average molecular weight is 578 g/mol. The molecule has 0 unspecified atom stereocenters. The maximum atomic E-state index is 13.2. The smallest absolute Gasteiger partial charge is 0.270 e. The molecular weight excluding hydrogens is 552 g/mol. The molecule has 2 aromatic rings. The number of hydrogen-bond acceptors (Lipinski definition) is 7. The van der Waals surface area contributed by atoms with Crippen LogP contribution in [0.2, 0.25) is 0 Å². The number of halogens is 1. The molecule has 35 heavy (non-hydrogen) atoms. The molecular formula is C25H25BrN2O5S2. The molecule has 2 fully saturated rings. The highest BCUT2D eigenvalue weighted by Gasteiger charge is 2.34. The first-order valence-electron chi connectivity index (χ1n) is 11.0. The van der Waals surface area contributed by atoms with Crippen molar-refractivity contribution >= 4 is 67.8 Å². The second-order valence-electron chi connectivity index (χ2n) is 8.12. The summed E-state index contributed by atoms with van der Waals surface area (Å²) in [5.41, 5.74) is 3.63. The van der Waals surface area contributed by atoms with Crippen molar-refractivity contribution in [2.24, 2.45) is 0 Å². The summed E-state index contributed by atoms with van der Waals surface area (Å²) in [4.78, 5) is 29.5. The molecule has 2 saturated heterocycles. The van der Waals surface area contributed by atoms with E-state index in [4.69, 9.17) is 26.4 Å². The minimum Gasteiger partial charge on any atom is -0.493 e. The van der Waals surface area contributed by atoms with E-state index in [9.17, 15) is 9.59 Å². The second kappa shape index (κ2) is 11.1. The standard InChI is InChI=1S/C25H25BrN2O5S2/c1-15-4-5-19(16(2)10-15)28-24(30)21(35-25(28)34)13-17-11-18(26)23(20(12-17)31-3)33-14-22(29)27-6-8-32-9-7-27/h4-5,10-13H,6-9,14H2,1-3H3/b21-13-. The van der Waals surface area contributed by atoms with E-state index in [-0.39, 0.29) is 18.4 Å². The Morgan fingerprint density at radius 2 is 1.97 bits per heavy atom. The molecule has 2 heterocycles. The van der Waals surface area contributed by atoms with E-state index >= 15 is 0 Å². The zero-order chi connectivity index (χ0) is 25.1. The van der Waals surface area contributed by atoms with Crippen LogP contribution in [0.5, 0.6) is 11.5 Å². The number of thioether (sulfide) groups is 1. The summed E-state index contributed by atoms with van der Waals surface area (Å²) in [6.07, 6.45) is 1.78. The number of anilines is 1. The number of morpholine rings is 1. The van der Waals surface area contributed by atoms with Crippen LogP contribution in [0.3, 0.4) is 0 Å². The highest BCUT2D eigenvalue weighted by atomic mass is 79.9. The van der Waals surface area contributed by atoms with Gasteiger partial charge in [0.1, 0.15) is 0 Å². The molecule has 4 rings (SSSR count). The number of thiocarbonyl (C=S) groups is 1. The van der Waals surface area contributed by atoms with Crippen LogP contribution in [0.25, 0.3) is 6.08 Å². The summed E-state index contributed by atoms with van der Waals surface area (Å²) in [5, 5.41) is 0. The van der Waals surface area contributed by atoms with Crippen LogP contribution in [0.15, 0.2) is 39.7 Å². The van der Waals surface area contributed by atoms with Crippen molar-refractivity contribution in [1.82, 2.24) is 4.90 Å². The van der Waals surface area contributed by atoms with Gasteiger partial charge in [0.25, 0.3) is 11.8 Å². The predicted octanol–water partition coefficient (Wildman–Crippen LogP) is 4.72. The molecule has 2 amide bonds. The molecule has 0 spiro atoms. The maximum Gasteiger partial charge on any atom is 0.270 e. The van der Waals surface area contributed by atoms with E-state index in [1.54, 1.807) is 21.9 Å². The Hall–Kier alpha value is -2.40. The molecule has 0 saturated carbocycles. The van der Waals surface area contributed by atoms with Gasteiger partial charge >= 0.3 is 0 Å². The Bertz CT molecular complexity index is 1210. The maximum absolute atomic E-state index is 13.2. The van der Waals surface area contributed by atoms with Gasteiger partial charge < -0.3 is 19.1 Å². The fraction of sp³-hybridized carbons (Fsp3) is 0.320. The van der Waals surface area contributed by atoms with Gasteiger partial charge in [-0.1, -0.05) is 41.7 Å². The van der Waals surface area contributed by atoms with E-state index in [1.807, 2.05) is 38.1 Å². The summed E-state index contributed by atoms with van der Waals surface area (Å²) >= 11 is 10.3. The van der Waals surface area contributed by atoms with Crippen LogP contribution in [0.1, 0.15) is 16.7 Å². The number of carbonyl (C=O) groups is 2. The van der Waals surface area contributed by atoms with Crippen molar-refractivity contribution in [3.05, 3.63) is 56.4 Å². The summed E-state index contributed by atoms with van der Waals surface area (Å²) in [7, 11) is 1.53. The first kappa shape index (κ1) is 25.7. The SMILES string of the molecule is COc1cc(/C=C2\SC(=S)N(c3ccc(C)cc3C)C2=O)cc(Br)c1OCC(=O)N1CCOCC1. The highest BCUT2D eigenvalue weighted by Crippen LogP contribution is 2.40. The third-order valence-corrected chi connectivity index (χ3v) is 7.53. The minimum absolute atomic E-state index is 0.108. The van der Waals surface area contributed by atoms with E-state index in [2.05, 4.69) is 15.9 Å². The number of nitrogens with zero attached hydrogens (tertiary/aromatic N) is 2. The van der Waals surface area contributed by atoms with Gasteiger partial charge in [0.2, 0.25) is 0 Å². The van der Waals surface area contributed by atoms with Gasteiger partial charge in [0.15, 0.2) is 22.4 Å². The van der Waals surface area contributed by atoms with Gasteiger partial charge in [-0.25, -0.2) is 0 Å². The van der Waals surface area contributed by atoms with Gasteiger partial charge in [-0.05, 0) is 65.2 Å². The quantitative estimate of drug-likeness (QED) is 0.364. The summed E-state index contributed by atoms with van der Waals surface area (Å²) in [6.45, 7) is 6.04. The number of hydrogen-bond donors (Lipinski definition) is 0. The van der Waals surface area contributed by atoms with Crippen molar-refractivity contribution < 1.29 is 23.8 Å². The van der Waals surface area contributed by atoms with Crippen LogP contribution >= 0.6 is 39.9 Å². The summed E-state index contributed by atoms with van der Waals surface area (Å²) < 4.78 is 17.7.